The third-order valence-corrected chi connectivity index (χ3v) is 8.39. The van der Waals surface area contributed by atoms with E-state index in [1.54, 1.807) is 43.3 Å². The van der Waals surface area contributed by atoms with E-state index in [1.165, 1.54) is 9.21 Å². The van der Waals surface area contributed by atoms with Gasteiger partial charge in [0.15, 0.2) is 0 Å². The van der Waals surface area contributed by atoms with Crippen LogP contribution in [0.3, 0.4) is 0 Å². The van der Waals surface area contributed by atoms with Crippen molar-refractivity contribution in [3.8, 4) is 0 Å². The maximum absolute atomic E-state index is 14.0. The average Bonchev–Trinajstić information content (AvgIpc) is 2.92. The third kappa shape index (κ3) is 7.69. The van der Waals surface area contributed by atoms with Crippen molar-refractivity contribution in [3.05, 3.63) is 95.6 Å². The molecule has 3 aromatic rings. The molecule has 0 heterocycles. The van der Waals surface area contributed by atoms with Gasteiger partial charge in [0.2, 0.25) is 11.8 Å². The predicted molar refractivity (Wildman–Crippen MR) is 156 cm³/mol. The minimum atomic E-state index is -4.08. The molecule has 0 unspecified atom stereocenters. The topological polar surface area (TPSA) is 86.8 Å². The second kappa shape index (κ2) is 13.4. The number of nitrogens with one attached hydrogen (secondary N) is 1. The van der Waals surface area contributed by atoms with Gasteiger partial charge in [0.25, 0.3) is 10.0 Å². The maximum atomic E-state index is 14.0. The summed E-state index contributed by atoms with van der Waals surface area (Å²) < 4.78 is 29.1. The first-order chi connectivity index (χ1) is 18.5. The molecule has 0 fully saturated rings. The summed E-state index contributed by atoms with van der Waals surface area (Å²) in [6, 6.07) is 22.6. The van der Waals surface area contributed by atoms with Gasteiger partial charge in [-0.25, -0.2) is 8.42 Å². The largest absolute Gasteiger partial charge is 0.352 e. The number of hydrogen-bond donors (Lipinski definition) is 1. The molecule has 0 spiro atoms. The second-order valence-corrected chi connectivity index (χ2v) is 11.8. The number of sulfonamides is 1. The van der Waals surface area contributed by atoms with Crippen molar-refractivity contribution in [2.75, 3.05) is 17.4 Å². The fourth-order valence-corrected chi connectivity index (χ4v) is 5.83. The number of hydrogen-bond acceptors (Lipinski definition) is 4. The SMILES string of the molecule is CCc1ccccc1N(CC(=O)N(CCc1ccccc1)[C@@H](C)C(=O)NC(C)C)S(=O)(=O)c1ccc(C)cc1. The van der Waals surface area contributed by atoms with Crippen LogP contribution in [0, 0.1) is 6.92 Å². The van der Waals surface area contributed by atoms with E-state index in [1.807, 2.05) is 70.2 Å². The number of benzene rings is 3. The van der Waals surface area contributed by atoms with Crippen LogP contribution in [0.25, 0.3) is 0 Å². The van der Waals surface area contributed by atoms with Gasteiger partial charge in [-0.05, 0) is 69.9 Å². The summed E-state index contributed by atoms with van der Waals surface area (Å²) in [5.41, 5.74) is 3.22. The predicted octanol–water partition coefficient (Wildman–Crippen LogP) is 4.74. The van der Waals surface area contributed by atoms with E-state index in [9.17, 15) is 18.0 Å². The molecule has 0 radical (unpaired) electrons. The highest BCUT2D eigenvalue weighted by atomic mass is 32.2. The smallest absolute Gasteiger partial charge is 0.264 e. The number of aryl methyl sites for hydroxylation is 2. The summed E-state index contributed by atoms with van der Waals surface area (Å²) in [5.74, 6) is -0.729. The molecule has 7 nitrogen and oxygen atoms in total. The lowest BCUT2D eigenvalue weighted by Crippen LogP contribution is -2.53. The molecule has 39 heavy (non-hydrogen) atoms. The molecule has 208 valence electrons. The Morgan fingerprint density at radius 2 is 1.49 bits per heavy atom. The summed E-state index contributed by atoms with van der Waals surface area (Å²) in [4.78, 5) is 28.5. The minimum absolute atomic E-state index is 0.0964. The van der Waals surface area contributed by atoms with Gasteiger partial charge >= 0.3 is 0 Å². The summed E-state index contributed by atoms with van der Waals surface area (Å²) in [7, 11) is -4.08. The van der Waals surface area contributed by atoms with Crippen LogP contribution in [-0.4, -0.2) is 50.3 Å². The van der Waals surface area contributed by atoms with Gasteiger partial charge in [0, 0.05) is 12.6 Å². The van der Waals surface area contributed by atoms with E-state index in [0.29, 0.717) is 18.5 Å². The third-order valence-electron chi connectivity index (χ3n) is 6.61. The standard InChI is InChI=1S/C31H39N3O4S/c1-6-27-14-10-11-15-29(27)34(39(37,38)28-18-16-24(4)17-19-28)22-30(35)33(25(5)31(36)32-23(2)3)21-20-26-12-8-7-9-13-26/h7-19,23,25H,6,20-22H2,1-5H3,(H,32,36)/t25-/m0/s1. The van der Waals surface area contributed by atoms with Gasteiger partial charge in [0.1, 0.15) is 12.6 Å². The molecule has 0 bridgehead atoms. The summed E-state index contributed by atoms with van der Waals surface area (Å²) in [6.07, 6.45) is 1.12. The zero-order chi connectivity index (χ0) is 28.6. The molecule has 0 aliphatic carbocycles. The van der Waals surface area contributed by atoms with Gasteiger partial charge in [-0.1, -0.05) is 73.2 Å². The van der Waals surface area contributed by atoms with Gasteiger partial charge in [0.05, 0.1) is 10.6 Å². The molecule has 0 saturated carbocycles. The van der Waals surface area contributed by atoms with Crippen LogP contribution in [0.15, 0.2) is 83.8 Å². The first kappa shape index (κ1) is 29.9. The van der Waals surface area contributed by atoms with Crippen LogP contribution in [0.1, 0.15) is 44.4 Å². The number of para-hydroxylation sites is 1. The van der Waals surface area contributed by atoms with Gasteiger partial charge in [-0.3, -0.25) is 13.9 Å². The van der Waals surface area contributed by atoms with Crippen molar-refractivity contribution in [1.29, 1.82) is 0 Å². The highest BCUT2D eigenvalue weighted by molar-refractivity contribution is 7.92. The van der Waals surface area contributed by atoms with E-state index in [4.69, 9.17) is 0 Å². The molecule has 2 amide bonds. The van der Waals surface area contributed by atoms with E-state index in [-0.39, 0.29) is 23.4 Å². The molecule has 0 saturated heterocycles. The normalized spacial score (nSPS) is 12.2. The Bertz CT molecular complexity index is 1360. The quantitative estimate of drug-likeness (QED) is 0.354. The van der Waals surface area contributed by atoms with Crippen LogP contribution in [0.4, 0.5) is 5.69 Å². The van der Waals surface area contributed by atoms with E-state index < -0.39 is 28.5 Å². The van der Waals surface area contributed by atoms with Crippen LogP contribution < -0.4 is 9.62 Å². The molecule has 0 aliphatic heterocycles. The highest BCUT2D eigenvalue weighted by Crippen LogP contribution is 2.28. The molecular weight excluding hydrogens is 510 g/mol. The van der Waals surface area contributed by atoms with Crippen LogP contribution in [0.2, 0.25) is 0 Å². The van der Waals surface area contributed by atoms with Crippen LogP contribution >= 0.6 is 0 Å². The van der Waals surface area contributed by atoms with Gasteiger partial charge in [-0.15, -0.1) is 0 Å². The molecule has 0 aromatic heterocycles. The Hall–Kier alpha value is -3.65. The summed E-state index contributed by atoms with van der Waals surface area (Å²) >= 11 is 0. The Morgan fingerprint density at radius 1 is 0.872 bits per heavy atom. The number of amides is 2. The lowest BCUT2D eigenvalue weighted by Gasteiger charge is -2.33. The Morgan fingerprint density at radius 3 is 2.10 bits per heavy atom. The zero-order valence-corrected chi connectivity index (χ0v) is 24.2. The van der Waals surface area contributed by atoms with Gasteiger partial charge in [-0.2, -0.15) is 0 Å². The zero-order valence-electron chi connectivity index (χ0n) is 23.4. The van der Waals surface area contributed by atoms with E-state index in [0.717, 1.165) is 16.7 Å². The first-order valence-corrected chi connectivity index (χ1v) is 14.8. The molecule has 3 rings (SSSR count). The van der Waals surface area contributed by atoms with Crippen molar-refractivity contribution in [2.45, 2.75) is 64.4 Å². The van der Waals surface area contributed by atoms with Crippen LogP contribution in [-0.2, 0) is 32.5 Å². The highest BCUT2D eigenvalue weighted by Gasteiger charge is 2.33. The average molecular weight is 550 g/mol. The Balaban J connectivity index is 2.01. The Labute approximate surface area is 232 Å². The molecule has 0 aliphatic rings. The lowest BCUT2D eigenvalue weighted by molar-refractivity contribution is -0.139. The number of nitrogens with zero attached hydrogens (tertiary/aromatic N) is 2. The number of carbonyl (C=O) groups excluding carboxylic acids is 2. The number of anilines is 1. The fourth-order valence-electron chi connectivity index (χ4n) is 4.38. The molecule has 1 atom stereocenters. The summed E-state index contributed by atoms with van der Waals surface area (Å²) in [5, 5.41) is 2.88. The minimum Gasteiger partial charge on any atom is -0.352 e. The number of carbonyl (C=O) groups is 2. The second-order valence-electron chi connectivity index (χ2n) is 9.97. The number of rotatable bonds is 12. The van der Waals surface area contributed by atoms with Crippen LogP contribution in [0.5, 0.6) is 0 Å². The van der Waals surface area contributed by atoms with Crippen molar-refractivity contribution in [2.24, 2.45) is 0 Å². The summed E-state index contributed by atoms with van der Waals surface area (Å²) in [6.45, 7) is 9.07. The molecule has 1 N–H and O–H groups in total. The lowest BCUT2D eigenvalue weighted by atomic mass is 10.1. The van der Waals surface area contributed by atoms with Crippen molar-refractivity contribution >= 4 is 27.5 Å². The van der Waals surface area contributed by atoms with Crippen molar-refractivity contribution < 1.29 is 18.0 Å². The van der Waals surface area contributed by atoms with E-state index >= 15 is 0 Å². The molecule has 8 heteroatoms. The van der Waals surface area contributed by atoms with Crippen molar-refractivity contribution in [3.63, 3.8) is 0 Å². The molecular formula is C31H39N3O4S. The van der Waals surface area contributed by atoms with Crippen molar-refractivity contribution in [1.82, 2.24) is 10.2 Å². The van der Waals surface area contributed by atoms with Gasteiger partial charge < -0.3 is 10.2 Å². The fraction of sp³-hybridized carbons (Fsp3) is 0.355. The molecule has 3 aromatic carbocycles. The van der Waals surface area contributed by atoms with E-state index in [2.05, 4.69) is 5.32 Å². The Kier molecular flexibility index (Phi) is 10.3. The monoisotopic (exact) mass is 549 g/mol. The maximum Gasteiger partial charge on any atom is 0.264 e. The first-order valence-electron chi connectivity index (χ1n) is 13.4.